The average Bonchev–Trinajstić information content (AvgIpc) is 2.24. The Morgan fingerprint density at radius 1 is 1.38 bits per heavy atom. The van der Waals surface area contributed by atoms with Crippen molar-refractivity contribution in [3.63, 3.8) is 0 Å². The van der Waals surface area contributed by atoms with Crippen molar-refractivity contribution in [2.75, 3.05) is 19.1 Å². The van der Waals surface area contributed by atoms with E-state index in [1.54, 1.807) is 12.4 Å². The summed E-state index contributed by atoms with van der Waals surface area (Å²) < 4.78 is 22.0. The molecule has 0 saturated carbocycles. The van der Waals surface area contributed by atoms with Crippen molar-refractivity contribution in [1.82, 2.24) is 15.3 Å². The smallest absolute Gasteiger partial charge is 0.147 e. The molecule has 0 spiro atoms. The minimum absolute atomic E-state index is 0.114. The lowest BCUT2D eigenvalue weighted by Gasteiger charge is -2.15. The SMILES string of the molecule is CNC(CCCS(C)(=O)=O)c1cncnc1. The maximum Gasteiger partial charge on any atom is 0.147 e. The van der Waals surface area contributed by atoms with Gasteiger partial charge in [-0.05, 0) is 19.9 Å². The maximum absolute atomic E-state index is 11.0. The zero-order valence-corrected chi connectivity index (χ0v) is 10.4. The van der Waals surface area contributed by atoms with Gasteiger partial charge < -0.3 is 5.32 Å². The maximum atomic E-state index is 11.0. The van der Waals surface area contributed by atoms with E-state index >= 15 is 0 Å². The lowest BCUT2D eigenvalue weighted by atomic mass is 10.1. The molecule has 6 heteroatoms. The Morgan fingerprint density at radius 2 is 2.00 bits per heavy atom. The molecule has 0 radical (unpaired) electrons. The first-order valence-electron chi connectivity index (χ1n) is 5.13. The highest BCUT2D eigenvalue weighted by molar-refractivity contribution is 7.90. The summed E-state index contributed by atoms with van der Waals surface area (Å²) in [6.07, 6.45) is 7.62. The van der Waals surface area contributed by atoms with E-state index in [2.05, 4.69) is 15.3 Å². The molecule has 1 atom stereocenters. The van der Waals surface area contributed by atoms with Crippen LogP contribution in [0, 0.1) is 0 Å². The third-order valence-electron chi connectivity index (χ3n) is 2.34. The lowest BCUT2D eigenvalue weighted by Crippen LogP contribution is -2.18. The van der Waals surface area contributed by atoms with Gasteiger partial charge in [0, 0.05) is 36.0 Å². The largest absolute Gasteiger partial charge is 0.313 e. The Kier molecular flexibility index (Phi) is 4.82. The molecule has 1 rings (SSSR count). The second-order valence-electron chi connectivity index (χ2n) is 3.79. The predicted molar refractivity (Wildman–Crippen MR) is 62.8 cm³/mol. The fraction of sp³-hybridized carbons (Fsp3) is 0.600. The number of hydrogen-bond donors (Lipinski definition) is 1. The van der Waals surface area contributed by atoms with E-state index in [9.17, 15) is 8.42 Å². The molecule has 0 fully saturated rings. The van der Waals surface area contributed by atoms with Crippen LogP contribution in [0.4, 0.5) is 0 Å². The molecule has 0 aliphatic rings. The summed E-state index contributed by atoms with van der Waals surface area (Å²) in [6.45, 7) is 0. The van der Waals surface area contributed by atoms with Crippen molar-refractivity contribution in [3.8, 4) is 0 Å². The molecule has 1 unspecified atom stereocenters. The average molecular weight is 243 g/mol. The number of rotatable bonds is 6. The van der Waals surface area contributed by atoms with Crippen LogP contribution in [-0.2, 0) is 9.84 Å². The second-order valence-corrected chi connectivity index (χ2v) is 6.04. The first-order valence-corrected chi connectivity index (χ1v) is 7.19. The van der Waals surface area contributed by atoms with Gasteiger partial charge in [0.05, 0.1) is 0 Å². The Bertz CT molecular complexity index is 405. The standard InChI is InChI=1S/C10H17N3O2S/c1-11-10(4-3-5-16(2,14)15)9-6-12-8-13-7-9/h6-8,10-11H,3-5H2,1-2H3. The summed E-state index contributed by atoms with van der Waals surface area (Å²) >= 11 is 0. The van der Waals surface area contributed by atoms with Crippen LogP contribution in [-0.4, -0.2) is 37.4 Å². The van der Waals surface area contributed by atoms with Gasteiger partial charge in [0.15, 0.2) is 0 Å². The van der Waals surface area contributed by atoms with E-state index < -0.39 is 9.84 Å². The first-order chi connectivity index (χ1) is 7.53. The number of nitrogens with zero attached hydrogens (tertiary/aromatic N) is 2. The fourth-order valence-corrected chi connectivity index (χ4v) is 2.21. The Hall–Kier alpha value is -1.01. The van der Waals surface area contributed by atoms with Crippen molar-refractivity contribution in [2.45, 2.75) is 18.9 Å². The van der Waals surface area contributed by atoms with Gasteiger partial charge in [0.25, 0.3) is 0 Å². The van der Waals surface area contributed by atoms with Gasteiger partial charge in [-0.1, -0.05) is 0 Å². The van der Waals surface area contributed by atoms with Crippen LogP contribution in [0.1, 0.15) is 24.4 Å². The van der Waals surface area contributed by atoms with Crippen LogP contribution in [0.5, 0.6) is 0 Å². The summed E-state index contributed by atoms with van der Waals surface area (Å²) in [5.74, 6) is 0.221. The summed E-state index contributed by atoms with van der Waals surface area (Å²) in [5, 5.41) is 3.13. The molecular formula is C10H17N3O2S. The van der Waals surface area contributed by atoms with E-state index in [0.29, 0.717) is 6.42 Å². The number of nitrogens with one attached hydrogen (secondary N) is 1. The van der Waals surface area contributed by atoms with Gasteiger partial charge in [-0.15, -0.1) is 0 Å². The zero-order chi connectivity index (χ0) is 12.0. The first kappa shape index (κ1) is 13.1. The molecular weight excluding hydrogens is 226 g/mol. The van der Waals surface area contributed by atoms with Gasteiger partial charge in [0.1, 0.15) is 16.2 Å². The number of sulfone groups is 1. The predicted octanol–water partition coefficient (Wildman–Crippen LogP) is 0.562. The highest BCUT2D eigenvalue weighted by Crippen LogP contribution is 2.16. The number of hydrogen-bond acceptors (Lipinski definition) is 5. The summed E-state index contributed by atoms with van der Waals surface area (Å²) in [6, 6.07) is 0.114. The molecule has 16 heavy (non-hydrogen) atoms. The normalized spacial score (nSPS) is 13.6. The van der Waals surface area contributed by atoms with Crippen molar-refractivity contribution in [1.29, 1.82) is 0 Å². The monoisotopic (exact) mass is 243 g/mol. The summed E-state index contributed by atoms with van der Waals surface area (Å²) in [5.41, 5.74) is 0.985. The van der Waals surface area contributed by atoms with Gasteiger partial charge in [0.2, 0.25) is 0 Å². The highest BCUT2D eigenvalue weighted by atomic mass is 32.2. The summed E-state index contributed by atoms with van der Waals surface area (Å²) in [4.78, 5) is 7.88. The third-order valence-corrected chi connectivity index (χ3v) is 3.37. The molecule has 1 aromatic rings. The van der Waals surface area contributed by atoms with Crippen LogP contribution in [0.2, 0.25) is 0 Å². The fourth-order valence-electron chi connectivity index (χ4n) is 1.52. The molecule has 0 amide bonds. The van der Waals surface area contributed by atoms with E-state index in [1.807, 2.05) is 7.05 Å². The van der Waals surface area contributed by atoms with Crippen molar-refractivity contribution in [3.05, 3.63) is 24.3 Å². The quantitative estimate of drug-likeness (QED) is 0.790. The molecule has 1 aromatic heterocycles. The Balaban J connectivity index is 2.51. The van der Waals surface area contributed by atoms with Crippen molar-refractivity contribution in [2.24, 2.45) is 0 Å². The third kappa shape index (κ3) is 4.67. The van der Waals surface area contributed by atoms with E-state index in [4.69, 9.17) is 0 Å². The molecule has 5 nitrogen and oxygen atoms in total. The van der Waals surface area contributed by atoms with Crippen LogP contribution < -0.4 is 5.32 Å². The van der Waals surface area contributed by atoms with Crippen LogP contribution >= 0.6 is 0 Å². The minimum atomic E-state index is -2.87. The second kappa shape index (κ2) is 5.91. The molecule has 0 aliphatic heterocycles. The molecule has 0 saturated heterocycles. The summed E-state index contributed by atoms with van der Waals surface area (Å²) in [7, 11) is -1.02. The Labute approximate surface area is 96.2 Å². The molecule has 0 bridgehead atoms. The topological polar surface area (TPSA) is 72.0 Å². The molecule has 1 heterocycles. The van der Waals surface area contributed by atoms with Gasteiger partial charge in [-0.25, -0.2) is 18.4 Å². The van der Waals surface area contributed by atoms with E-state index in [0.717, 1.165) is 12.0 Å². The van der Waals surface area contributed by atoms with E-state index in [-0.39, 0.29) is 11.8 Å². The molecule has 0 aromatic carbocycles. The van der Waals surface area contributed by atoms with Crippen LogP contribution in [0.15, 0.2) is 18.7 Å². The highest BCUT2D eigenvalue weighted by Gasteiger charge is 2.11. The Morgan fingerprint density at radius 3 is 2.50 bits per heavy atom. The molecule has 0 aliphatic carbocycles. The molecule has 1 N–H and O–H groups in total. The van der Waals surface area contributed by atoms with Crippen LogP contribution in [0.3, 0.4) is 0 Å². The zero-order valence-electron chi connectivity index (χ0n) is 9.55. The van der Waals surface area contributed by atoms with E-state index in [1.165, 1.54) is 12.6 Å². The molecule has 90 valence electrons. The van der Waals surface area contributed by atoms with Crippen molar-refractivity contribution < 1.29 is 8.42 Å². The lowest BCUT2D eigenvalue weighted by molar-refractivity contribution is 0.533. The van der Waals surface area contributed by atoms with Crippen molar-refractivity contribution >= 4 is 9.84 Å². The van der Waals surface area contributed by atoms with Gasteiger partial charge in [-0.2, -0.15) is 0 Å². The van der Waals surface area contributed by atoms with Crippen LogP contribution in [0.25, 0.3) is 0 Å². The minimum Gasteiger partial charge on any atom is -0.313 e. The number of aromatic nitrogens is 2. The van der Waals surface area contributed by atoms with Gasteiger partial charge in [-0.3, -0.25) is 0 Å². The van der Waals surface area contributed by atoms with Gasteiger partial charge >= 0.3 is 0 Å².